The van der Waals surface area contributed by atoms with Gasteiger partial charge in [-0.3, -0.25) is 0 Å². The van der Waals surface area contributed by atoms with E-state index in [9.17, 15) is 9.18 Å². The molecule has 1 aliphatic carbocycles. The van der Waals surface area contributed by atoms with Crippen molar-refractivity contribution in [1.82, 2.24) is 4.98 Å². The Kier molecular flexibility index (Phi) is 5.33. The zero-order valence-corrected chi connectivity index (χ0v) is 18.2. The van der Waals surface area contributed by atoms with Crippen LogP contribution in [0.5, 0.6) is 0 Å². The molecule has 0 radical (unpaired) electrons. The van der Waals surface area contributed by atoms with Crippen molar-refractivity contribution in [1.29, 1.82) is 0 Å². The van der Waals surface area contributed by atoms with Gasteiger partial charge in [0.05, 0.1) is 5.57 Å². The van der Waals surface area contributed by atoms with Crippen LogP contribution in [-0.4, -0.2) is 17.6 Å². The molecule has 0 bridgehead atoms. The van der Waals surface area contributed by atoms with E-state index in [-0.39, 0.29) is 17.8 Å². The second kappa shape index (κ2) is 7.84. The van der Waals surface area contributed by atoms with Crippen LogP contribution in [0, 0.1) is 11.2 Å². The number of nitrogen functional groups attached to an aromatic ring is 1. The van der Waals surface area contributed by atoms with E-state index in [2.05, 4.69) is 25.7 Å². The molecule has 0 amide bonds. The average Bonchev–Trinajstić information content (AvgIpc) is 2.71. The molecule has 1 aromatic carbocycles. The van der Waals surface area contributed by atoms with Crippen LogP contribution in [0.2, 0.25) is 0 Å². The number of pyridine rings is 1. The van der Waals surface area contributed by atoms with Gasteiger partial charge in [0.25, 0.3) is 0 Å². The molecule has 162 valence electrons. The number of hydrogen-bond donors (Lipinski definition) is 2. The molecule has 3 N–H and O–H groups in total. The number of anilines is 2. The van der Waals surface area contributed by atoms with Crippen molar-refractivity contribution >= 4 is 17.5 Å². The van der Waals surface area contributed by atoms with Gasteiger partial charge >= 0.3 is 5.97 Å². The summed E-state index contributed by atoms with van der Waals surface area (Å²) in [5.74, 6) is -0.808. The first-order valence-electron chi connectivity index (χ1n) is 10.5. The van der Waals surface area contributed by atoms with Crippen LogP contribution < -0.4 is 11.1 Å². The molecule has 0 spiro atoms. The number of nitrogens with zero attached hydrogens (tertiary/aromatic N) is 1. The Balaban J connectivity index is 1.93. The number of ether oxygens (including phenoxy) is 1. The number of esters is 1. The highest BCUT2D eigenvalue weighted by molar-refractivity contribution is 5.95. The number of aryl methyl sites for hydroxylation is 1. The lowest BCUT2D eigenvalue weighted by Crippen LogP contribution is -2.30. The number of fused-ring (bicyclic) bond motifs is 2. The van der Waals surface area contributed by atoms with Crippen molar-refractivity contribution in [3.63, 3.8) is 0 Å². The van der Waals surface area contributed by atoms with E-state index in [0.29, 0.717) is 33.9 Å². The molecule has 2 aliphatic rings. The van der Waals surface area contributed by atoms with Crippen molar-refractivity contribution in [3.8, 4) is 0 Å². The summed E-state index contributed by atoms with van der Waals surface area (Å²) < 4.78 is 19.6. The molecule has 1 aromatic heterocycles. The standard InChI is InChI=1S/C25H28FN3O2/c1-5-11-31-24(30)19-14(2)28-23-21(20(19)15-7-6-8-16(26)12-15)22(27)17-13-25(3,4)10-9-18(17)29-23/h5-8,12,20H,1,9-11,13H2,2-4H3,(H3,27,28,29). The second-order valence-corrected chi connectivity index (χ2v) is 9.09. The fraction of sp³-hybridized carbons (Fsp3) is 0.360. The van der Waals surface area contributed by atoms with Crippen molar-refractivity contribution in [3.05, 3.63) is 76.4 Å². The minimum Gasteiger partial charge on any atom is -0.458 e. The van der Waals surface area contributed by atoms with Crippen LogP contribution in [0.4, 0.5) is 15.9 Å². The maximum atomic E-state index is 14.2. The summed E-state index contributed by atoms with van der Waals surface area (Å²) in [6, 6.07) is 6.27. The number of carbonyl (C=O) groups excluding carboxylic acids is 1. The molecule has 1 aliphatic heterocycles. The third-order valence-electron chi connectivity index (χ3n) is 6.18. The van der Waals surface area contributed by atoms with E-state index in [1.807, 2.05) is 0 Å². The van der Waals surface area contributed by atoms with Crippen molar-refractivity contribution in [2.75, 3.05) is 17.7 Å². The first-order chi connectivity index (χ1) is 14.7. The van der Waals surface area contributed by atoms with Crippen LogP contribution in [0.1, 0.15) is 55.5 Å². The molecule has 2 aromatic rings. The molecule has 5 nitrogen and oxygen atoms in total. The highest BCUT2D eigenvalue weighted by Crippen LogP contribution is 2.48. The van der Waals surface area contributed by atoms with Crippen LogP contribution in [0.3, 0.4) is 0 Å². The molecule has 4 rings (SSSR count). The monoisotopic (exact) mass is 421 g/mol. The van der Waals surface area contributed by atoms with Crippen LogP contribution in [0.25, 0.3) is 0 Å². The number of aromatic nitrogens is 1. The Morgan fingerprint density at radius 3 is 2.94 bits per heavy atom. The molecule has 2 heterocycles. The van der Waals surface area contributed by atoms with Gasteiger partial charge in [-0.15, -0.1) is 0 Å². The summed E-state index contributed by atoms with van der Waals surface area (Å²) in [6.45, 7) is 9.95. The van der Waals surface area contributed by atoms with E-state index >= 15 is 0 Å². The maximum absolute atomic E-state index is 14.2. The van der Waals surface area contributed by atoms with Crippen molar-refractivity contribution in [2.24, 2.45) is 5.41 Å². The molecule has 0 saturated heterocycles. The molecular weight excluding hydrogens is 393 g/mol. The number of allylic oxidation sites excluding steroid dienone is 1. The van der Waals surface area contributed by atoms with Gasteiger partial charge < -0.3 is 15.8 Å². The van der Waals surface area contributed by atoms with Gasteiger partial charge in [0.2, 0.25) is 0 Å². The Bertz CT molecular complexity index is 1100. The summed E-state index contributed by atoms with van der Waals surface area (Å²) in [4.78, 5) is 17.9. The van der Waals surface area contributed by atoms with Crippen LogP contribution in [0.15, 0.2) is 48.2 Å². The normalized spacial score (nSPS) is 19.2. The maximum Gasteiger partial charge on any atom is 0.337 e. The molecule has 1 unspecified atom stereocenters. The highest BCUT2D eigenvalue weighted by Gasteiger charge is 2.38. The first kappa shape index (κ1) is 21.1. The van der Waals surface area contributed by atoms with Gasteiger partial charge in [-0.25, -0.2) is 14.2 Å². The van der Waals surface area contributed by atoms with E-state index < -0.39 is 11.9 Å². The predicted molar refractivity (Wildman–Crippen MR) is 120 cm³/mol. The van der Waals surface area contributed by atoms with E-state index in [0.717, 1.165) is 30.5 Å². The Labute approximate surface area is 182 Å². The zero-order chi connectivity index (χ0) is 22.3. The number of carbonyl (C=O) groups is 1. The first-order valence-corrected chi connectivity index (χ1v) is 10.5. The fourth-order valence-corrected chi connectivity index (χ4v) is 4.63. The van der Waals surface area contributed by atoms with Crippen LogP contribution in [-0.2, 0) is 22.4 Å². The second-order valence-electron chi connectivity index (χ2n) is 9.09. The molecule has 0 saturated carbocycles. The Hall–Kier alpha value is -3.15. The number of nitrogens with two attached hydrogens (primary N) is 1. The predicted octanol–water partition coefficient (Wildman–Crippen LogP) is 4.88. The summed E-state index contributed by atoms with van der Waals surface area (Å²) in [7, 11) is 0. The van der Waals surface area contributed by atoms with Crippen LogP contribution >= 0.6 is 0 Å². The Morgan fingerprint density at radius 2 is 2.23 bits per heavy atom. The summed E-state index contributed by atoms with van der Waals surface area (Å²) >= 11 is 0. The number of nitrogens with one attached hydrogen (secondary N) is 1. The highest BCUT2D eigenvalue weighted by atomic mass is 19.1. The molecule has 6 heteroatoms. The third kappa shape index (κ3) is 3.82. The minimum absolute atomic E-state index is 0.0877. The summed E-state index contributed by atoms with van der Waals surface area (Å²) in [5.41, 5.74) is 11.9. The van der Waals surface area contributed by atoms with Crippen molar-refractivity contribution in [2.45, 2.75) is 46.0 Å². The molecule has 0 fully saturated rings. The quantitative estimate of drug-likeness (QED) is 0.544. The van der Waals surface area contributed by atoms with Gasteiger partial charge in [-0.2, -0.15) is 0 Å². The molecular formula is C25H28FN3O2. The largest absolute Gasteiger partial charge is 0.458 e. The lowest BCUT2D eigenvalue weighted by molar-refractivity contribution is -0.138. The van der Waals surface area contributed by atoms with E-state index in [1.54, 1.807) is 19.1 Å². The minimum atomic E-state index is -0.577. The summed E-state index contributed by atoms with van der Waals surface area (Å²) in [5, 5.41) is 3.26. The van der Waals surface area contributed by atoms with Gasteiger partial charge in [-0.05, 0) is 54.9 Å². The Morgan fingerprint density at radius 1 is 1.45 bits per heavy atom. The molecule has 31 heavy (non-hydrogen) atoms. The number of benzene rings is 1. The van der Waals surface area contributed by atoms with Gasteiger partial charge in [0.15, 0.2) is 0 Å². The zero-order valence-electron chi connectivity index (χ0n) is 18.2. The van der Waals surface area contributed by atoms with Gasteiger partial charge in [-0.1, -0.05) is 38.6 Å². The number of rotatable bonds is 4. The lowest BCUT2D eigenvalue weighted by Gasteiger charge is -2.36. The third-order valence-corrected chi connectivity index (χ3v) is 6.18. The van der Waals surface area contributed by atoms with Gasteiger partial charge in [0.1, 0.15) is 18.2 Å². The number of halogens is 1. The van der Waals surface area contributed by atoms with E-state index in [4.69, 9.17) is 15.5 Å². The average molecular weight is 422 g/mol. The van der Waals surface area contributed by atoms with E-state index in [1.165, 1.54) is 18.2 Å². The lowest BCUT2D eigenvalue weighted by atomic mass is 9.73. The fourth-order valence-electron chi connectivity index (χ4n) is 4.63. The van der Waals surface area contributed by atoms with Gasteiger partial charge in [0, 0.05) is 28.6 Å². The van der Waals surface area contributed by atoms with Crippen molar-refractivity contribution < 1.29 is 13.9 Å². The number of hydrogen-bond acceptors (Lipinski definition) is 5. The smallest absolute Gasteiger partial charge is 0.337 e. The SMILES string of the molecule is C=CCOC(=O)C1=C(C)Nc2nc3c(c(N)c2C1c1cccc(F)c1)CC(C)(C)CC3. The topological polar surface area (TPSA) is 77.2 Å². The summed E-state index contributed by atoms with van der Waals surface area (Å²) in [6.07, 6.45) is 4.21. The molecule has 1 atom stereocenters.